The Morgan fingerprint density at radius 1 is 1.39 bits per heavy atom. The van der Waals surface area contributed by atoms with E-state index in [1.807, 2.05) is 13.8 Å². The van der Waals surface area contributed by atoms with Gasteiger partial charge in [-0.3, -0.25) is 0 Å². The van der Waals surface area contributed by atoms with Crippen molar-refractivity contribution in [3.05, 3.63) is 29.8 Å². The van der Waals surface area contributed by atoms with Crippen LogP contribution in [-0.4, -0.2) is 27.1 Å². The van der Waals surface area contributed by atoms with Gasteiger partial charge in [0.25, 0.3) is 16.0 Å². The molecule has 0 radical (unpaired) electrons. The van der Waals surface area contributed by atoms with Crippen LogP contribution < -0.4 is 4.72 Å². The van der Waals surface area contributed by atoms with E-state index in [4.69, 9.17) is 4.74 Å². The third-order valence-corrected chi connectivity index (χ3v) is 4.06. The fraction of sp³-hybridized carbons (Fsp3) is 0.417. The molecule has 0 unspecified atom stereocenters. The number of aryl methyl sites for hydroxylation is 1. The molecule has 6 heteroatoms. The van der Waals surface area contributed by atoms with E-state index in [-0.39, 0.29) is 17.0 Å². The van der Waals surface area contributed by atoms with Gasteiger partial charge in [0.1, 0.15) is 6.10 Å². The van der Waals surface area contributed by atoms with Crippen LogP contribution in [0, 0.1) is 6.92 Å². The molecule has 0 saturated carbocycles. The van der Waals surface area contributed by atoms with E-state index in [0.29, 0.717) is 6.54 Å². The molecular formula is C12H16N2O3S. The van der Waals surface area contributed by atoms with E-state index in [2.05, 4.69) is 9.71 Å². The van der Waals surface area contributed by atoms with E-state index >= 15 is 0 Å². The summed E-state index contributed by atoms with van der Waals surface area (Å²) in [6, 6.07) is 6.71. The van der Waals surface area contributed by atoms with Crippen LogP contribution in [0.3, 0.4) is 0 Å². The molecule has 18 heavy (non-hydrogen) atoms. The van der Waals surface area contributed by atoms with Gasteiger partial charge in [0.15, 0.2) is 0 Å². The predicted molar refractivity (Wildman–Crippen MR) is 69.0 cm³/mol. The van der Waals surface area contributed by atoms with Crippen LogP contribution in [0.1, 0.15) is 18.9 Å². The monoisotopic (exact) mass is 268 g/mol. The second-order valence-electron chi connectivity index (χ2n) is 4.21. The maximum Gasteiger partial charge on any atom is 0.299 e. The van der Waals surface area contributed by atoms with Crippen molar-refractivity contribution in [3.63, 3.8) is 0 Å². The van der Waals surface area contributed by atoms with Gasteiger partial charge >= 0.3 is 0 Å². The first kappa shape index (κ1) is 12.9. The molecule has 1 atom stereocenters. The van der Waals surface area contributed by atoms with Gasteiger partial charge < -0.3 is 4.74 Å². The molecule has 2 rings (SSSR count). The van der Waals surface area contributed by atoms with Crippen molar-refractivity contribution >= 4 is 16.0 Å². The van der Waals surface area contributed by atoms with Gasteiger partial charge in [0.2, 0.25) is 0 Å². The zero-order valence-corrected chi connectivity index (χ0v) is 11.2. The van der Waals surface area contributed by atoms with E-state index in [9.17, 15) is 8.42 Å². The second kappa shape index (κ2) is 4.97. The highest BCUT2D eigenvalue weighted by Crippen LogP contribution is 2.12. The van der Waals surface area contributed by atoms with Crippen molar-refractivity contribution in [1.82, 2.24) is 4.72 Å². The first-order chi connectivity index (χ1) is 8.51. The molecule has 0 fully saturated rings. The summed E-state index contributed by atoms with van der Waals surface area (Å²) in [6.07, 6.45) is 0.778. The Labute approximate surface area is 107 Å². The second-order valence-corrected chi connectivity index (χ2v) is 5.89. The van der Waals surface area contributed by atoms with E-state index in [1.165, 1.54) is 0 Å². The third kappa shape index (κ3) is 2.81. The Morgan fingerprint density at radius 3 is 2.61 bits per heavy atom. The molecule has 1 aromatic rings. The molecular weight excluding hydrogens is 252 g/mol. The summed E-state index contributed by atoms with van der Waals surface area (Å²) in [5.74, 6) is 0. The molecule has 0 aromatic heterocycles. The summed E-state index contributed by atoms with van der Waals surface area (Å²) in [7, 11) is -3.60. The molecule has 0 aliphatic carbocycles. The molecule has 1 aromatic carbocycles. The summed E-state index contributed by atoms with van der Waals surface area (Å²) in [5, 5.41) is 0. The highest BCUT2D eigenvalue weighted by atomic mass is 32.2. The maximum atomic E-state index is 12.0. The van der Waals surface area contributed by atoms with E-state index in [0.717, 1.165) is 12.0 Å². The largest absolute Gasteiger partial charge is 0.459 e. The van der Waals surface area contributed by atoms with E-state index in [1.54, 1.807) is 24.3 Å². The quantitative estimate of drug-likeness (QED) is 0.902. The molecule has 0 spiro atoms. The van der Waals surface area contributed by atoms with Crippen LogP contribution in [0.2, 0.25) is 0 Å². The van der Waals surface area contributed by atoms with Gasteiger partial charge in [-0.1, -0.05) is 24.6 Å². The minimum absolute atomic E-state index is 0.0271. The number of hydrogen-bond donors (Lipinski definition) is 1. The number of benzene rings is 1. The molecule has 1 aliphatic rings. The zero-order chi connectivity index (χ0) is 13.2. The van der Waals surface area contributed by atoms with Crippen LogP contribution >= 0.6 is 0 Å². The van der Waals surface area contributed by atoms with Crippen LogP contribution in [-0.2, 0) is 14.8 Å². The minimum atomic E-state index is -3.60. The number of amidine groups is 1. The minimum Gasteiger partial charge on any atom is -0.459 e. The molecule has 1 heterocycles. The average molecular weight is 268 g/mol. The first-order valence-corrected chi connectivity index (χ1v) is 7.30. The molecule has 0 saturated heterocycles. The summed E-state index contributed by atoms with van der Waals surface area (Å²) < 4.78 is 31.8. The Balaban J connectivity index is 2.11. The lowest BCUT2D eigenvalue weighted by molar-refractivity contribution is 0.214. The van der Waals surface area contributed by atoms with Gasteiger partial charge in [0.05, 0.1) is 11.4 Å². The Bertz CT molecular complexity index is 549. The summed E-state index contributed by atoms with van der Waals surface area (Å²) in [6.45, 7) is 4.37. The smallest absolute Gasteiger partial charge is 0.299 e. The van der Waals surface area contributed by atoms with Crippen molar-refractivity contribution in [2.24, 2.45) is 4.99 Å². The van der Waals surface area contributed by atoms with Crippen molar-refractivity contribution in [1.29, 1.82) is 0 Å². The number of nitrogens with zero attached hydrogens (tertiary/aromatic N) is 1. The van der Waals surface area contributed by atoms with E-state index < -0.39 is 10.0 Å². The van der Waals surface area contributed by atoms with Gasteiger partial charge in [-0.15, -0.1) is 0 Å². The average Bonchev–Trinajstić information content (AvgIpc) is 2.76. The van der Waals surface area contributed by atoms with Crippen molar-refractivity contribution in [2.45, 2.75) is 31.3 Å². The normalized spacial score (nSPS) is 19.2. The van der Waals surface area contributed by atoms with Gasteiger partial charge in [-0.05, 0) is 25.5 Å². The summed E-state index contributed by atoms with van der Waals surface area (Å²) in [5.41, 5.74) is 1.01. The lowest BCUT2D eigenvalue weighted by Crippen LogP contribution is -2.32. The van der Waals surface area contributed by atoms with Crippen molar-refractivity contribution < 1.29 is 13.2 Å². The molecule has 5 nitrogen and oxygen atoms in total. The SMILES string of the molecule is CC[C@H]1CN=C(NS(=O)(=O)c2ccc(C)cc2)O1. The molecule has 1 aliphatic heterocycles. The number of sulfonamides is 1. The van der Waals surface area contributed by atoms with Crippen LogP contribution in [0.25, 0.3) is 0 Å². The number of ether oxygens (including phenoxy) is 1. The summed E-state index contributed by atoms with van der Waals surface area (Å²) in [4.78, 5) is 4.23. The van der Waals surface area contributed by atoms with Gasteiger partial charge in [-0.25, -0.2) is 18.1 Å². The van der Waals surface area contributed by atoms with Crippen molar-refractivity contribution in [3.8, 4) is 0 Å². The fourth-order valence-corrected chi connectivity index (χ4v) is 2.53. The number of aliphatic imine (C=N–C) groups is 1. The Hall–Kier alpha value is -1.56. The predicted octanol–water partition coefficient (Wildman–Crippen LogP) is 1.44. The Kier molecular flexibility index (Phi) is 3.56. The number of nitrogens with one attached hydrogen (secondary N) is 1. The maximum absolute atomic E-state index is 12.0. The van der Waals surface area contributed by atoms with Crippen molar-refractivity contribution in [2.75, 3.05) is 6.54 Å². The molecule has 98 valence electrons. The molecule has 1 N–H and O–H groups in total. The van der Waals surface area contributed by atoms with Crippen LogP contribution in [0.15, 0.2) is 34.2 Å². The topological polar surface area (TPSA) is 67.8 Å². The molecule has 0 amide bonds. The van der Waals surface area contributed by atoms with Gasteiger partial charge in [0, 0.05) is 0 Å². The van der Waals surface area contributed by atoms with Crippen LogP contribution in [0.5, 0.6) is 0 Å². The zero-order valence-electron chi connectivity index (χ0n) is 10.4. The Morgan fingerprint density at radius 2 is 2.06 bits per heavy atom. The summed E-state index contributed by atoms with van der Waals surface area (Å²) >= 11 is 0. The van der Waals surface area contributed by atoms with Gasteiger partial charge in [-0.2, -0.15) is 0 Å². The fourth-order valence-electron chi connectivity index (χ4n) is 1.58. The third-order valence-electron chi connectivity index (χ3n) is 2.73. The highest BCUT2D eigenvalue weighted by Gasteiger charge is 2.23. The lowest BCUT2D eigenvalue weighted by Gasteiger charge is -2.10. The first-order valence-electron chi connectivity index (χ1n) is 5.82. The van der Waals surface area contributed by atoms with Crippen LogP contribution in [0.4, 0.5) is 0 Å². The number of rotatable bonds is 3. The lowest BCUT2D eigenvalue weighted by atomic mass is 10.2. The molecule has 0 bridgehead atoms. The standard InChI is InChI=1S/C12H16N2O3S/c1-3-10-8-13-12(17-10)14-18(15,16)11-6-4-9(2)5-7-11/h4-7,10H,3,8H2,1-2H3,(H,13,14)/t10-/m0/s1. The number of hydrogen-bond acceptors (Lipinski definition) is 4. The highest BCUT2D eigenvalue weighted by molar-refractivity contribution is 7.90.